The molecule has 0 aromatic heterocycles. The van der Waals surface area contributed by atoms with Crippen molar-refractivity contribution in [1.82, 2.24) is 0 Å². The number of alkyl halides is 6. The summed E-state index contributed by atoms with van der Waals surface area (Å²) >= 11 is 0. The van der Waals surface area contributed by atoms with Crippen LogP contribution in [0.5, 0.6) is 0 Å². The van der Waals surface area contributed by atoms with Crippen molar-refractivity contribution in [3.8, 4) is 36.4 Å². The van der Waals surface area contributed by atoms with Gasteiger partial charge in [0.1, 0.15) is 35.9 Å². The van der Waals surface area contributed by atoms with E-state index in [1.54, 1.807) is 0 Å². The molecule has 0 saturated heterocycles. The SMILES string of the molecule is N#CC(C#N)=c1cc(C#N)/c(=C(\C#N)c2cc(C(F)(F)F)c(C#N)c(C(F)(F)F)c2)c(C#N)c1F. The molecule has 0 N–H and O–H groups in total. The highest BCUT2D eigenvalue weighted by Gasteiger charge is 2.42. The Morgan fingerprint density at radius 1 is 0.657 bits per heavy atom. The number of hydrogen-bond acceptors (Lipinski definition) is 6. The van der Waals surface area contributed by atoms with E-state index in [-0.39, 0.29) is 12.1 Å². The average molecular weight is 484 g/mol. The molecule has 0 bridgehead atoms. The van der Waals surface area contributed by atoms with Gasteiger partial charge in [0.25, 0.3) is 0 Å². The smallest absolute Gasteiger partial charge is 0.205 e. The minimum Gasteiger partial charge on any atom is -0.205 e. The van der Waals surface area contributed by atoms with E-state index in [1.807, 2.05) is 0 Å². The fraction of sp³-hybridized carbons (Fsp3) is 0.0909. The largest absolute Gasteiger partial charge is 0.417 e. The summed E-state index contributed by atoms with van der Waals surface area (Å²) in [6.45, 7) is 0. The summed E-state index contributed by atoms with van der Waals surface area (Å²) in [6, 6.07) is 8.02. The van der Waals surface area contributed by atoms with Crippen molar-refractivity contribution in [3.63, 3.8) is 0 Å². The van der Waals surface area contributed by atoms with Crippen molar-refractivity contribution in [3.05, 3.63) is 67.8 Å². The van der Waals surface area contributed by atoms with E-state index >= 15 is 0 Å². The standard InChI is InChI=1S/C22H3F7N6/c23-20-13(12(5-31)6-32)1-11(4-30)19(16(20)9-35)14(7-33)10-2-17(21(24,25)26)15(8-34)18(3-10)22(27,28)29/h1-3H/b19-14-. The van der Waals surface area contributed by atoms with E-state index in [0.717, 1.165) is 6.07 Å². The van der Waals surface area contributed by atoms with Gasteiger partial charge in [0.15, 0.2) is 5.82 Å². The maximum Gasteiger partial charge on any atom is 0.417 e. The Hall–Kier alpha value is -5.37. The lowest BCUT2D eigenvalue weighted by Crippen LogP contribution is -2.26. The molecule has 0 spiro atoms. The lowest BCUT2D eigenvalue weighted by molar-refractivity contribution is -0.143. The zero-order valence-electron chi connectivity index (χ0n) is 16.6. The fourth-order valence-corrected chi connectivity index (χ4v) is 3.06. The second-order valence-electron chi connectivity index (χ2n) is 6.40. The molecule has 13 heteroatoms. The minimum absolute atomic E-state index is 0.0303. The van der Waals surface area contributed by atoms with Gasteiger partial charge in [-0.3, -0.25) is 0 Å². The molecular weight excluding hydrogens is 481 g/mol. The molecule has 0 heterocycles. The molecule has 0 unspecified atom stereocenters. The summed E-state index contributed by atoms with van der Waals surface area (Å²) in [4.78, 5) is 0. The van der Waals surface area contributed by atoms with Crippen LogP contribution in [0.4, 0.5) is 30.7 Å². The van der Waals surface area contributed by atoms with Crippen LogP contribution in [0.25, 0.3) is 11.1 Å². The lowest BCUT2D eigenvalue weighted by atomic mass is 9.91. The second-order valence-corrected chi connectivity index (χ2v) is 6.40. The molecule has 0 aliphatic rings. The number of benzene rings is 2. The van der Waals surface area contributed by atoms with Crippen LogP contribution in [0.3, 0.4) is 0 Å². The molecule has 170 valence electrons. The molecule has 0 radical (unpaired) electrons. The van der Waals surface area contributed by atoms with Crippen molar-refractivity contribution >= 4 is 11.1 Å². The van der Waals surface area contributed by atoms with Crippen LogP contribution >= 0.6 is 0 Å². The number of rotatable bonds is 1. The molecule has 0 fully saturated rings. The van der Waals surface area contributed by atoms with Crippen LogP contribution in [0.1, 0.15) is 33.4 Å². The quantitative estimate of drug-likeness (QED) is 0.568. The van der Waals surface area contributed by atoms with E-state index in [4.69, 9.17) is 15.8 Å². The lowest BCUT2D eigenvalue weighted by Gasteiger charge is -2.17. The van der Waals surface area contributed by atoms with Crippen LogP contribution in [0, 0.1) is 73.8 Å². The van der Waals surface area contributed by atoms with Crippen LogP contribution < -0.4 is 10.4 Å². The summed E-state index contributed by atoms with van der Waals surface area (Å²) in [7, 11) is 0. The van der Waals surface area contributed by atoms with Crippen LogP contribution in [-0.4, -0.2) is 0 Å². The van der Waals surface area contributed by atoms with Crippen LogP contribution in [-0.2, 0) is 12.4 Å². The Balaban J connectivity index is 3.36. The molecule has 2 rings (SSSR count). The maximum absolute atomic E-state index is 15.0. The number of nitrogens with zero attached hydrogens (tertiary/aromatic N) is 6. The molecule has 35 heavy (non-hydrogen) atoms. The summed E-state index contributed by atoms with van der Waals surface area (Å²) < 4.78 is 95.9. The van der Waals surface area contributed by atoms with E-state index < -0.39 is 73.1 Å². The van der Waals surface area contributed by atoms with Gasteiger partial charge in [-0.25, -0.2) is 4.39 Å². The van der Waals surface area contributed by atoms with E-state index in [2.05, 4.69) is 0 Å². The number of hydrogen-bond donors (Lipinski definition) is 0. The molecule has 0 aliphatic heterocycles. The van der Waals surface area contributed by atoms with E-state index in [0.29, 0.717) is 6.07 Å². The highest BCUT2D eigenvalue weighted by Crippen LogP contribution is 2.40. The third-order valence-electron chi connectivity index (χ3n) is 4.50. The number of halogens is 7. The van der Waals surface area contributed by atoms with Gasteiger partial charge in [-0.1, -0.05) is 0 Å². The second kappa shape index (κ2) is 9.24. The van der Waals surface area contributed by atoms with Gasteiger partial charge in [0.2, 0.25) is 0 Å². The summed E-state index contributed by atoms with van der Waals surface area (Å²) in [5, 5.41) is 53.5. The van der Waals surface area contributed by atoms with E-state index in [1.165, 1.54) is 30.3 Å². The monoisotopic (exact) mass is 484 g/mol. The Bertz CT molecular complexity index is 1590. The van der Waals surface area contributed by atoms with Crippen molar-refractivity contribution < 1.29 is 30.7 Å². The van der Waals surface area contributed by atoms with Gasteiger partial charge >= 0.3 is 12.4 Å². The van der Waals surface area contributed by atoms with Gasteiger partial charge in [0, 0.05) is 10.4 Å². The van der Waals surface area contributed by atoms with Gasteiger partial charge in [-0.05, 0) is 23.8 Å². The zero-order chi connectivity index (χ0) is 26.7. The molecule has 2 aromatic carbocycles. The first kappa shape index (κ1) is 25.9. The Morgan fingerprint density at radius 3 is 1.49 bits per heavy atom. The first-order chi connectivity index (χ1) is 16.3. The normalized spacial score (nSPS) is 11.6. The molecule has 0 atom stereocenters. The molecule has 0 saturated carbocycles. The average Bonchev–Trinajstić information content (AvgIpc) is 2.79. The molecule has 2 aromatic rings. The van der Waals surface area contributed by atoms with Crippen molar-refractivity contribution in [1.29, 1.82) is 31.6 Å². The predicted molar refractivity (Wildman–Crippen MR) is 99.0 cm³/mol. The maximum atomic E-state index is 15.0. The predicted octanol–water partition coefficient (Wildman–Crippen LogP) is 3.40. The van der Waals surface area contributed by atoms with Crippen LogP contribution in [0.15, 0.2) is 18.2 Å². The Kier molecular flexibility index (Phi) is 6.84. The van der Waals surface area contributed by atoms with Gasteiger partial charge in [-0.15, -0.1) is 0 Å². The van der Waals surface area contributed by atoms with Crippen molar-refractivity contribution in [2.75, 3.05) is 0 Å². The van der Waals surface area contributed by atoms with E-state index in [9.17, 15) is 46.5 Å². The van der Waals surface area contributed by atoms with Gasteiger partial charge in [-0.2, -0.15) is 57.9 Å². The summed E-state index contributed by atoms with van der Waals surface area (Å²) in [5.41, 5.74) is -11.0. The fourth-order valence-electron chi connectivity index (χ4n) is 3.06. The molecular formula is C22H3F7N6. The molecule has 6 nitrogen and oxygen atoms in total. The zero-order valence-corrected chi connectivity index (χ0v) is 16.6. The van der Waals surface area contributed by atoms with Crippen LogP contribution in [0.2, 0.25) is 0 Å². The highest BCUT2D eigenvalue weighted by molar-refractivity contribution is 5.81. The number of nitriles is 6. The Labute approximate surface area is 190 Å². The van der Waals surface area contributed by atoms with Gasteiger partial charge < -0.3 is 0 Å². The topological polar surface area (TPSA) is 143 Å². The molecule has 0 aliphatic carbocycles. The highest BCUT2D eigenvalue weighted by atomic mass is 19.4. The van der Waals surface area contributed by atoms with Crippen molar-refractivity contribution in [2.24, 2.45) is 0 Å². The first-order valence-electron chi connectivity index (χ1n) is 8.65. The molecule has 0 amide bonds. The van der Waals surface area contributed by atoms with Gasteiger partial charge in [0.05, 0.1) is 39.5 Å². The third kappa shape index (κ3) is 4.57. The Morgan fingerprint density at radius 2 is 1.14 bits per heavy atom. The minimum atomic E-state index is -5.49. The third-order valence-corrected chi connectivity index (χ3v) is 4.50. The summed E-state index contributed by atoms with van der Waals surface area (Å²) in [5.74, 6) is -1.60. The van der Waals surface area contributed by atoms with Crippen molar-refractivity contribution in [2.45, 2.75) is 12.4 Å². The first-order valence-corrected chi connectivity index (χ1v) is 8.65. The summed E-state index contributed by atoms with van der Waals surface area (Å²) in [6.07, 6.45) is -11.0.